The van der Waals surface area contributed by atoms with E-state index >= 15 is 0 Å². The van der Waals surface area contributed by atoms with Gasteiger partial charge < -0.3 is 15.4 Å². The Morgan fingerprint density at radius 2 is 1.75 bits per heavy atom. The zero-order valence-electron chi connectivity index (χ0n) is 21.1. The summed E-state index contributed by atoms with van der Waals surface area (Å²) in [5, 5.41) is 9.59. The highest BCUT2D eigenvalue weighted by molar-refractivity contribution is 6.20. The number of ketones is 1. The minimum absolute atomic E-state index is 0.103. The normalized spacial score (nSPS) is 13.4. The van der Waals surface area contributed by atoms with Crippen molar-refractivity contribution in [3.05, 3.63) is 89.6 Å². The number of aliphatic carboxylic acids is 1. The van der Waals surface area contributed by atoms with Crippen molar-refractivity contribution < 1.29 is 14.7 Å². The SMILES string of the molecule is CC(=O)/C(=C(/C)N)c1cnc2c(-c3ccc(C(C)(C)C(=O)O)cc3)cn([C@@H](C)c3ccccn3)c2c1. The Labute approximate surface area is 210 Å². The fourth-order valence-corrected chi connectivity index (χ4v) is 4.46. The van der Waals surface area contributed by atoms with Crippen molar-refractivity contribution in [2.75, 3.05) is 0 Å². The van der Waals surface area contributed by atoms with Crippen molar-refractivity contribution in [3.63, 3.8) is 0 Å². The number of carbonyl (C=O) groups excluding carboxylic acids is 1. The van der Waals surface area contributed by atoms with E-state index in [4.69, 9.17) is 10.7 Å². The van der Waals surface area contributed by atoms with Crippen LogP contribution in [0.5, 0.6) is 0 Å². The van der Waals surface area contributed by atoms with Crippen LogP contribution in [0.1, 0.15) is 57.5 Å². The number of benzene rings is 1. The van der Waals surface area contributed by atoms with E-state index < -0.39 is 11.4 Å². The number of fused-ring (bicyclic) bond motifs is 1. The quantitative estimate of drug-likeness (QED) is 0.344. The van der Waals surface area contributed by atoms with Crippen LogP contribution in [0.15, 0.2) is 72.8 Å². The molecule has 0 radical (unpaired) electrons. The zero-order valence-corrected chi connectivity index (χ0v) is 21.1. The number of carboxylic acid groups (broad SMARTS) is 1. The summed E-state index contributed by atoms with van der Waals surface area (Å²) >= 11 is 0. The Bertz CT molecular complexity index is 1480. The predicted molar refractivity (Wildman–Crippen MR) is 141 cm³/mol. The molecule has 1 atom stereocenters. The Balaban J connectivity index is 1.92. The van der Waals surface area contributed by atoms with Crippen molar-refractivity contribution in [2.45, 2.75) is 46.1 Å². The maximum atomic E-state index is 12.3. The molecule has 36 heavy (non-hydrogen) atoms. The van der Waals surface area contributed by atoms with Gasteiger partial charge in [0.25, 0.3) is 0 Å². The highest BCUT2D eigenvalue weighted by atomic mass is 16.4. The van der Waals surface area contributed by atoms with Gasteiger partial charge in [0.1, 0.15) is 0 Å². The molecule has 3 aromatic heterocycles. The highest BCUT2D eigenvalue weighted by Crippen LogP contribution is 2.35. The number of hydrogen-bond donors (Lipinski definition) is 2. The summed E-state index contributed by atoms with van der Waals surface area (Å²) in [5.41, 5.74) is 11.6. The van der Waals surface area contributed by atoms with Crippen LogP contribution in [0.25, 0.3) is 27.7 Å². The van der Waals surface area contributed by atoms with Crippen molar-refractivity contribution in [1.82, 2.24) is 14.5 Å². The second-order valence-electron chi connectivity index (χ2n) is 9.59. The molecule has 0 amide bonds. The molecule has 3 heterocycles. The van der Waals surface area contributed by atoms with E-state index in [1.807, 2.05) is 54.7 Å². The lowest BCUT2D eigenvalue weighted by Crippen LogP contribution is -2.28. The summed E-state index contributed by atoms with van der Waals surface area (Å²) in [6, 6.07) is 15.2. The smallest absolute Gasteiger partial charge is 0.313 e. The molecule has 7 nitrogen and oxygen atoms in total. The van der Waals surface area contributed by atoms with Gasteiger partial charge in [0.2, 0.25) is 0 Å². The Morgan fingerprint density at radius 3 is 2.31 bits per heavy atom. The van der Waals surface area contributed by atoms with Crippen LogP contribution >= 0.6 is 0 Å². The molecule has 4 rings (SSSR count). The number of hydrogen-bond acceptors (Lipinski definition) is 5. The summed E-state index contributed by atoms with van der Waals surface area (Å²) < 4.78 is 2.10. The fraction of sp³-hybridized carbons (Fsp3) is 0.241. The molecule has 0 saturated heterocycles. The first-order chi connectivity index (χ1) is 17.0. The topological polar surface area (TPSA) is 111 Å². The summed E-state index contributed by atoms with van der Waals surface area (Å²) in [7, 11) is 0. The maximum absolute atomic E-state index is 12.3. The summed E-state index contributed by atoms with van der Waals surface area (Å²) in [5.74, 6) is -1.00. The van der Waals surface area contributed by atoms with Gasteiger partial charge in [-0.15, -0.1) is 0 Å². The van der Waals surface area contributed by atoms with Crippen LogP contribution < -0.4 is 5.73 Å². The monoisotopic (exact) mass is 482 g/mol. The molecule has 0 bridgehead atoms. The van der Waals surface area contributed by atoms with Gasteiger partial charge in [-0.3, -0.25) is 19.6 Å². The third kappa shape index (κ3) is 4.40. The predicted octanol–water partition coefficient (Wildman–Crippen LogP) is 5.35. The highest BCUT2D eigenvalue weighted by Gasteiger charge is 2.29. The van der Waals surface area contributed by atoms with Crippen LogP contribution in [0.3, 0.4) is 0 Å². The molecule has 0 aliphatic heterocycles. The van der Waals surface area contributed by atoms with Crippen LogP contribution in [-0.2, 0) is 15.0 Å². The van der Waals surface area contributed by atoms with E-state index in [1.165, 1.54) is 6.92 Å². The third-order valence-corrected chi connectivity index (χ3v) is 6.69. The van der Waals surface area contributed by atoms with Gasteiger partial charge in [-0.05, 0) is 63.9 Å². The molecule has 7 heteroatoms. The van der Waals surface area contributed by atoms with E-state index in [2.05, 4.69) is 16.5 Å². The molecule has 1 aromatic carbocycles. The van der Waals surface area contributed by atoms with Gasteiger partial charge in [0.05, 0.1) is 28.2 Å². The minimum atomic E-state index is -0.997. The van der Waals surface area contributed by atoms with Crippen LogP contribution in [0.4, 0.5) is 0 Å². The van der Waals surface area contributed by atoms with Gasteiger partial charge >= 0.3 is 5.97 Å². The average molecular weight is 483 g/mol. The van der Waals surface area contributed by atoms with E-state index in [-0.39, 0.29) is 11.8 Å². The molecule has 3 N–H and O–H groups in total. The first-order valence-corrected chi connectivity index (χ1v) is 11.8. The van der Waals surface area contributed by atoms with E-state index in [0.29, 0.717) is 22.4 Å². The lowest BCUT2D eigenvalue weighted by molar-refractivity contribution is -0.142. The van der Waals surface area contributed by atoms with Gasteiger partial charge in [-0.2, -0.15) is 0 Å². The number of rotatable bonds is 7. The number of carboxylic acids is 1. The second kappa shape index (κ2) is 9.41. The van der Waals surface area contributed by atoms with E-state index in [1.54, 1.807) is 33.2 Å². The Hall–Kier alpha value is -4.26. The van der Waals surface area contributed by atoms with Crippen LogP contribution in [0, 0.1) is 0 Å². The molecule has 4 aromatic rings. The molecule has 0 aliphatic rings. The lowest BCUT2D eigenvalue weighted by Gasteiger charge is -2.19. The first kappa shape index (κ1) is 24.9. The average Bonchev–Trinajstić information content (AvgIpc) is 3.22. The van der Waals surface area contributed by atoms with Crippen molar-refractivity contribution >= 4 is 28.4 Å². The summed E-state index contributed by atoms with van der Waals surface area (Å²) in [6.07, 6.45) is 5.47. The minimum Gasteiger partial charge on any atom is -0.481 e. The molecular formula is C29H30N4O3. The molecule has 0 unspecified atom stereocenters. The van der Waals surface area contributed by atoms with Gasteiger partial charge in [0, 0.05) is 41.0 Å². The molecular weight excluding hydrogens is 452 g/mol. The number of nitrogens with two attached hydrogens (primary N) is 1. The van der Waals surface area contributed by atoms with Gasteiger partial charge in [-0.25, -0.2) is 0 Å². The third-order valence-electron chi connectivity index (χ3n) is 6.69. The summed E-state index contributed by atoms with van der Waals surface area (Å²) in [4.78, 5) is 33.3. The molecule has 184 valence electrons. The van der Waals surface area contributed by atoms with Gasteiger partial charge in [0.15, 0.2) is 5.78 Å². The largest absolute Gasteiger partial charge is 0.481 e. The molecule has 0 fully saturated rings. The Kier molecular flexibility index (Phi) is 6.50. The maximum Gasteiger partial charge on any atom is 0.313 e. The Morgan fingerprint density at radius 1 is 1.06 bits per heavy atom. The van der Waals surface area contributed by atoms with Crippen LogP contribution in [-0.4, -0.2) is 31.4 Å². The van der Waals surface area contributed by atoms with E-state index in [0.717, 1.165) is 27.9 Å². The zero-order chi connectivity index (χ0) is 26.2. The molecule has 0 saturated carbocycles. The molecule has 0 aliphatic carbocycles. The number of aromatic nitrogens is 3. The van der Waals surface area contributed by atoms with E-state index in [9.17, 15) is 14.7 Å². The van der Waals surface area contributed by atoms with Gasteiger partial charge in [-0.1, -0.05) is 30.3 Å². The standard InChI is InChI=1S/C29H30N4O3/c1-17(30)26(19(3)34)21-14-25-27(32-15-21)23(16-33(25)18(2)24-8-6-7-13-31-24)20-9-11-22(12-10-20)29(4,5)28(35)36/h6-16,18H,30H2,1-5H3,(H,35,36)/b26-17+/t18-/m0/s1. The molecule has 0 spiro atoms. The number of nitrogens with zero attached hydrogens (tertiary/aromatic N) is 3. The number of allylic oxidation sites excluding steroid dienone is 2. The van der Waals surface area contributed by atoms with Crippen LogP contribution in [0.2, 0.25) is 0 Å². The first-order valence-electron chi connectivity index (χ1n) is 11.8. The van der Waals surface area contributed by atoms with Crippen molar-refractivity contribution in [3.8, 4) is 11.1 Å². The number of carbonyl (C=O) groups is 2. The lowest BCUT2D eigenvalue weighted by atomic mass is 9.84. The van der Waals surface area contributed by atoms with Crippen molar-refractivity contribution in [1.29, 1.82) is 0 Å². The number of Topliss-reactive ketones (excluding diaryl/α,β-unsaturated/α-hetero) is 1. The second-order valence-corrected chi connectivity index (χ2v) is 9.59. The van der Waals surface area contributed by atoms with Crippen molar-refractivity contribution in [2.24, 2.45) is 5.73 Å². The number of pyridine rings is 2. The summed E-state index contributed by atoms with van der Waals surface area (Å²) in [6.45, 7) is 8.65. The fourth-order valence-electron chi connectivity index (χ4n) is 4.46.